The molecular formula is C26H27ClN2O7S. The highest BCUT2D eigenvalue weighted by atomic mass is 35.5. The average molecular weight is 547 g/mol. The highest BCUT2D eigenvalue weighted by Gasteiger charge is 2.36. The van der Waals surface area contributed by atoms with Gasteiger partial charge in [0.2, 0.25) is 5.91 Å². The second-order valence-electron chi connectivity index (χ2n) is 8.22. The number of halogens is 1. The van der Waals surface area contributed by atoms with E-state index in [-0.39, 0.29) is 34.6 Å². The SMILES string of the molecule is CCOC(=O)COc1c(Cl)cc(/C=C2\SC(=O)N(CC(=O)Nc3c(C)cc(C)cc3C)C2=O)cc1OC. The van der Waals surface area contributed by atoms with Gasteiger partial charge < -0.3 is 19.5 Å². The minimum absolute atomic E-state index is 0.124. The van der Waals surface area contributed by atoms with Crippen LogP contribution in [0.2, 0.25) is 5.02 Å². The summed E-state index contributed by atoms with van der Waals surface area (Å²) < 4.78 is 15.6. The van der Waals surface area contributed by atoms with Crippen molar-refractivity contribution < 1.29 is 33.4 Å². The molecule has 0 bridgehead atoms. The standard InChI is InChI=1S/C26H27ClN2O7S/c1-6-35-22(31)13-36-24-18(27)9-17(10-19(24)34-5)11-20-25(32)29(26(33)37-20)12-21(30)28-23-15(3)7-14(2)8-16(23)4/h7-11H,6,12-13H2,1-5H3,(H,28,30)/b20-11-. The molecule has 1 aliphatic heterocycles. The number of esters is 1. The molecule has 196 valence electrons. The van der Waals surface area contributed by atoms with E-state index in [9.17, 15) is 19.2 Å². The van der Waals surface area contributed by atoms with Crippen molar-refractivity contribution in [1.82, 2.24) is 4.90 Å². The number of carbonyl (C=O) groups is 4. The predicted molar refractivity (Wildman–Crippen MR) is 142 cm³/mol. The van der Waals surface area contributed by atoms with Gasteiger partial charge in [0.1, 0.15) is 6.54 Å². The van der Waals surface area contributed by atoms with Gasteiger partial charge in [0.25, 0.3) is 11.1 Å². The van der Waals surface area contributed by atoms with Crippen molar-refractivity contribution in [2.75, 3.05) is 32.2 Å². The number of aryl methyl sites for hydroxylation is 3. The van der Waals surface area contributed by atoms with Crippen LogP contribution in [0.3, 0.4) is 0 Å². The Morgan fingerprint density at radius 3 is 2.41 bits per heavy atom. The van der Waals surface area contributed by atoms with E-state index in [1.165, 1.54) is 19.3 Å². The molecule has 3 rings (SSSR count). The molecule has 0 aromatic heterocycles. The van der Waals surface area contributed by atoms with Crippen LogP contribution in [0.25, 0.3) is 6.08 Å². The lowest BCUT2D eigenvalue weighted by Crippen LogP contribution is -2.36. The molecule has 0 radical (unpaired) electrons. The number of hydrogen-bond donors (Lipinski definition) is 1. The zero-order valence-corrected chi connectivity index (χ0v) is 22.7. The molecule has 0 aliphatic carbocycles. The zero-order valence-electron chi connectivity index (χ0n) is 21.1. The smallest absolute Gasteiger partial charge is 0.344 e. The number of anilines is 1. The summed E-state index contributed by atoms with van der Waals surface area (Å²) in [5.74, 6) is -1.27. The number of imide groups is 1. The fourth-order valence-electron chi connectivity index (χ4n) is 3.78. The van der Waals surface area contributed by atoms with E-state index in [0.29, 0.717) is 11.3 Å². The maximum atomic E-state index is 12.9. The average Bonchev–Trinajstić information content (AvgIpc) is 3.07. The lowest BCUT2D eigenvalue weighted by Gasteiger charge is -2.16. The number of rotatable bonds is 9. The van der Waals surface area contributed by atoms with Gasteiger partial charge in [-0.2, -0.15) is 0 Å². The molecule has 2 aromatic carbocycles. The molecular weight excluding hydrogens is 520 g/mol. The largest absolute Gasteiger partial charge is 0.493 e. The zero-order chi connectivity index (χ0) is 27.3. The van der Waals surface area contributed by atoms with Crippen LogP contribution < -0.4 is 14.8 Å². The van der Waals surface area contributed by atoms with Gasteiger partial charge in [0.05, 0.1) is 23.6 Å². The van der Waals surface area contributed by atoms with Crippen LogP contribution in [0.1, 0.15) is 29.2 Å². The Balaban J connectivity index is 1.74. The second kappa shape index (κ2) is 12.2. The minimum atomic E-state index is -0.597. The van der Waals surface area contributed by atoms with Crippen molar-refractivity contribution in [2.45, 2.75) is 27.7 Å². The van der Waals surface area contributed by atoms with Crippen molar-refractivity contribution >= 4 is 58.1 Å². The summed E-state index contributed by atoms with van der Waals surface area (Å²) >= 11 is 7.04. The van der Waals surface area contributed by atoms with Crippen LogP contribution >= 0.6 is 23.4 Å². The Bertz CT molecular complexity index is 1270. The topological polar surface area (TPSA) is 111 Å². The van der Waals surface area contributed by atoms with E-state index in [1.807, 2.05) is 32.9 Å². The van der Waals surface area contributed by atoms with Gasteiger partial charge in [-0.3, -0.25) is 19.3 Å². The number of amides is 3. The molecule has 0 saturated carbocycles. The summed E-state index contributed by atoms with van der Waals surface area (Å²) in [5, 5.41) is 2.38. The van der Waals surface area contributed by atoms with Gasteiger partial charge in [0.15, 0.2) is 18.1 Å². The van der Waals surface area contributed by atoms with Gasteiger partial charge in [-0.1, -0.05) is 29.3 Å². The van der Waals surface area contributed by atoms with E-state index < -0.39 is 29.6 Å². The van der Waals surface area contributed by atoms with E-state index in [1.54, 1.807) is 13.0 Å². The van der Waals surface area contributed by atoms with E-state index in [0.717, 1.165) is 33.4 Å². The van der Waals surface area contributed by atoms with Gasteiger partial charge in [-0.05, 0) is 74.4 Å². The van der Waals surface area contributed by atoms with Crippen molar-refractivity contribution in [3.8, 4) is 11.5 Å². The molecule has 1 heterocycles. The van der Waals surface area contributed by atoms with Crippen molar-refractivity contribution in [3.63, 3.8) is 0 Å². The Kier molecular flexibility index (Phi) is 9.23. The first-order valence-electron chi connectivity index (χ1n) is 11.3. The minimum Gasteiger partial charge on any atom is -0.493 e. The number of methoxy groups -OCH3 is 1. The lowest BCUT2D eigenvalue weighted by atomic mass is 10.1. The number of carbonyl (C=O) groups excluding carboxylic acids is 4. The lowest BCUT2D eigenvalue weighted by molar-refractivity contribution is -0.145. The fourth-order valence-corrected chi connectivity index (χ4v) is 4.90. The molecule has 2 aromatic rings. The van der Waals surface area contributed by atoms with Crippen LogP contribution in [0.15, 0.2) is 29.2 Å². The number of thioether (sulfide) groups is 1. The van der Waals surface area contributed by atoms with Gasteiger partial charge >= 0.3 is 5.97 Å². The van der Waals surface area contributed by atoms with Crippen molar-refractivity contribution in [2.24, 2.45) is 0 Å². The summed E-state index contributed by atoms with van der Waals surface area (Å²) in [7, 11) is 1.40. The molecule has 37 heavy (non-hydrogen) atoms. The normalized spacial score (nSPS) is 14.2. The van der Waals surface area contributed by atoms with Gasteiger partial charge in [-0.15, -0.1) is 0 Å². The Hall–Kier alpha value is -3.50. The third-order valence-electron chi connectivity index (χ3n) is 5.31. The summed E-state index contributed by atoms with van der Waals surface area (Å²) in [6.07, 6.45) is 1.47. The van der Waals surface area contributed by atoms with Crippen LogP contribution in [0.4, 0.5) is 10.5 Å². The predicted octanol–water partition coefficient (Wildman–Crippen LogP) is 4.89. The first kappa shape index (κ1) is 28.1. The maximum Gasteiger partial charge on any atom is 0.344 e. The fraction of sp³-hybridized carbons (Fsp3) is 0.308. The van der Waals surface area contributed by atoms with Crippen molar-refractivity contribution in [1.29, 1.82) is 0 Å². The monoisotopic (exact) mass is 546 g/mol. The number of hydrogen-bond acceptors (Lipinski definition) is 8. The van der Waals surface area contributed by atoms with Crippen LogP contribution in [0, 0.1) is 20.8 Å². The molecule has 11 heteroatoms. The number of ether oxygens (including phenoxy) is 3. The van der Waals surface area contributed by atoms with E-state index >= 15 is 0 Å². The molecule has 9 nitrogen and oxygen atoms in total. The first-order valence-corrected chi connectivity index (χ1v) is 12.5. The molecule has 0 atom stereocenters. The third-order valence-corrected chi connectivity index (χ3v) is 6.49. The molecule has 1 saturated heterocycles. The Labute approximate surface area is 224 Å². The van der Waals surface area contributed by atoms with Crippen LogP contribution in [-0.4, -0.2) is 54.8 Å². The molecule has 1 aliphatic rings. The van der Waals surface area contributed by atoms with E-state index in [4.69, 9.17) is 25.8 Å². The molecule has 0 unspecified atom stereocenters. The molecule has 1 fully saturated rings. The first-order chi connectivity index (χ1) is 17.5. The molecule has 0 spiro atoms. The summed E-state index contributed by atoms with van der Waals surface area (Å²) in [4.78, 5) is 50.7. The quantitative estimate of drug-likeness (QED) is 0.349. The highest BCUT2D eigenvalue weighted by Crippen LogP contribution is 2.39. The second-order valence-corrected chi connectivity index (χ2v) is 9.62. The summed E-state index contributed by atoms with van der Waals surface area (Å²) in [6.45, 7) is 6.85. The maximum absolute atomic E-state index is 12.9. The third kappa shape index (κ3) is 6.84. The molecule has 1 N–H and O–H groups in total. The van der Waals surface area contributed by atoms with Crippen LogP contribution in [0.5, 0.6) is 11.5 Å². The summed E-state index contributed by atoms with van der Waals surface area (Å²) in [6, 6.07) is 6.94. The van der Waals surface area contributed by atoms with E-state index in [2.05, 4.69) is 5.32 Å². The van der Waals surface area contributed by atoms with Crippen molar-refractivity contribution in [3.05, 3.63) is 56.4 Å². The van der Waals surface area contributed by atoms with Gasteiger partial charge in [0, 0.05) is 5.69 Å². The molecule has 3 amide bonds. The number of nitrogens with zero attached hydrogens (tertiary/aromatic N) is 1. The van der Waals surface area contributed by atoms with Crippen LogP contribution in [-0.2, 0) is 19.1 Å². The number of benzene rings is 2. The van der Waals surface area contributed by atoms with Gasteiger partial charge in [-0.25, -0.2) is 4.79 Å². The highest BCUT2D eigenvalue weighted by molar-refractivity contribution is 8.18. The Morgan fingerprint density at radius 2 is 1.78 bits per heavy atom. The Morgan fingerprint density at radius 1 is 1.11 bits per heavy atom. The summed E-state index contributed by atoms with van der Waals surface area (Å²) in [5.41, 5.74) is 3.97. The number of nitrogens with one attached hydrogen (secondary N) is 1.